The van der Waals surface area contributed by atoms with Gasteiger partial charge in [0.1, 0.15) is 17.3 Å². The highest BCUT2D eigenvalue weighted by molar-refractivity contribution is 6.31. The van der Waals surface area contributed by atoms with Crippen molar-refractivity contribution in [3.8, 4) is 5.75 Å². The van der Waals surface area contributed by atoms with Gasteiger partial charge in [0, 0.05) is 11.2 Å². The number of pyridine rings is 1. The van der Waals surface area contributed by atoms with E-state index < -0.39 is 0 Å². The summed E-state index contributed by atoms with van der Waals surface area (Å²) in [5, 5.41) is 3.47. The Kier molecular flexibility index (Phi) is 4.35. The Hall–Kier alpha value is -1.65. The predicted molar refractivity (Wildman–Crippen MR) is 73.1 cm³/mol. The van der Waals surface area contributed by atoms with Crippen LogP contribution in [0.15, 0.2) is 36.5 Å². The van der Waals surface area contributed by atoms with E-state index in [1.165, 1.54) is 12.1 Å². The highest BCUT2D eigenvalue weighted by Crippen LogP contribution is 2.32. The SMILES string of the molecule is CNC(c1ccc(F)cc1Cl)c1ncccc1OC. The maximum Gasteiger partial charge on any atom is 0.142 e. The molecule has 19 heavy (non-hydrogen) atoms. The number of aromatic nitrogens is 1. The number of ether oxygens (including phenoxy) is 1. The maximum absolute atomic E-state index is 13.1. The summed E-state index contributed by atoms with van der Waals surface area (Å²) in [5.41, 5.74) is 1.46. The van der Waals surface area contributed by atoms with Gasteiger partial charge in [0.15, 0.2) is 0 Å². The van der Waals surface area contributed by atoms with E-state index >= 15 is 0 Å². The van der Waals surface area contributed by atoms with Gasteiger partial charge >= 0.3 is 0 Å². The monoisotopic (exact) mass is 280 g/mol. The molecule has 0 aliphatic carbocycles. The van der Waals surface area contributed by atoms with Crippen molar-refractivity contribution in [3.05, 3.63) is 58.6 Å². The van der Waals surface area contributed by atoms with Gasteiger partial charge < -0.3 is 10.1 Å². The molecule has 1 N–H and O–H groups in total. The minimum atomic E-state index is -0.364. The normalized spacial score (nSPS) is 12.2. The zero-order chi connectivity index (χ0) is 13.8. The summed E-state index contributed by atoms with van der Waals surface area (Å²) in [6, 6.07) is 7.67. The van der Waals surface area contributed by atoms with Gasteiger partial charge in [0.25, 0.3) is 0 Å². The lowest BCUT2D eigenvalue weighted by Gasteiger charge is -2.19. The second kappa shape index (κ2) is 5.99. The van der Waals surface area contributed by atoms with E-state index in [9.17, 15) is 4.39 Å². The molecule has 0 bridgehead atoms. The maximum atomic E-state index is 13.1. The van der Waals surface area contributed by atoms with Crippen LogP contribution in [-0.2, 0) is 0 Å². The molecule has 0 amide bonds. The molecule has 1 aromatic carbocycles. The van der Waals surface area contributed by atoms with Crippen LogP contribution in [-0.4, -0.2) is 19.1 Å². The van der Waals surface area contributed by atoms with Gasteiger partial charge in [-0.2, -0.15) is 0 Å². The highest BCUT2D eigenvalue weighted by atomic mass is 35.5. The van der Waals surface area contributed by atoms with E-state index in [-0.39, 0.29) is 11.9 Å². The first kappa shape index (κ1) is 13.8. The Morgan fingerprint density at radius 2 is 2.16 bits per heavy atom. The van der Waals surface area contributed by atoms with Crippen molar-refractivity contribution in [1.29, 1.82) is 0 Å². The van der Waals surface area contributed by atoms with Gasteiger partial charge in [0.05, 0.1) is 13.2 Å². The molecule has 1 aromatic heterocycles. The standard InChI is InChI=1S/C14H14ClFN2O/c1-17-13(10-6-5-9(16)8-11(10)15)14-12(19-2)4-3-7-18-14/h3-8,13,17H,1-2H3. The molecule has 0 saturated carbocycles. The van der Waals surface area contributed by atoms with E-state index in [1.807, 2.05) is 6.07 Å². The fourth-order valence-electron chi connectivity index (χ4n) is 1.97. The molecule has 0 radical (unpaired) electrons. The molecule has 1 unspecified atom stereocenters. The minimum absolute atomic E-state index is 0.260. The Morgan fingerprint density at radius 1 is 1.37 bits per heavy atom. The van der Waals surface area contributed by atoms with Crippen molar-refractivity contribution in [2.75, 3.05) is 14.2 Å². The smallest absolute Gasteiger partial charge is 0.142 e. The van der Waals surface area contributed by atoms with Crippen LogP contribution in [0, 0.1) is 5.82 Å². The van der Waals surface area contributed by atoms with Crippen LogP contribution in [0.2, 0.25) is 5.02 Å². The highest BCUT2D eigenvalue weighted by Gasteiger charge is 2.20. The molecule has 100 valence electrons. The molecule has 1 atom stereocenters. The number of nitrogens with one attached hydrogen (secondary N) is 1. The van der Waals surface area contributed by atoms with E-state index in [4.69, 9.17) is 16.3 Å². The Bertz CT molecular complexity index is 577. The topological polar surface area (TPSA) is 34.2 Å². The van der Waals surface area contributed by atoms with Crippen LogP contribution in [0.25, 0.3) is 0 Å². The van der Waals surface area contributed by atoms with Crippen molar-refractivity contribution in [3.63, 3.8) is 0 Å². The van der Waals surface area contributed by atoms with Gasteiger partial charge in [-0.3, -0.25) is 4.98 Å². The summed E-state index contributed by atoms with van der Waals surface area (Å²) in [4.78, 5) is 4.32. The lowest BCUT2D eigenvalue weighted by Crippen LogP contribution is -2.20. The molecule has 0 spiro atoms. The number of hydrogen-bond acceptors (Lipinski definition) is 3. The summed E-state index contributed by atoms with van der Waals surface area (Å²) in [7, 11) is 3.37. The van der Waals surface area contributed by atoms with Crippen molar-refractivity contribution in [2.24, 2.45) is 0 Å². The first-order valence-corrected chi connectivity index (χ1v) is 6.16. The minimum Gasteiger partial charge on any atom is -0.495 e. The molecule has 5 heteroatoms. The number of rotatable bonds is 4. The van der Waals surface area contributed by atoms with Crippen molar-refractivity contribution >= 4 is 11.6 Å². The van der Waals surface area contributed by atoms with Gasteiger partial charge in [-0.05, 0) is 36.9 Å². The lowest BCUT2D eigenvalue weighted by molar-refractivity contribution is 0.401. The van der Waals surface area contributed by atoms with Gasteiger partial charge in [-0.15, -0.1) is 0 Å². The summed E-state index contributed by atoms with van der Waals surface area (Å²) in [6.07, 6.45) is 1.68. The molecular formula is C14H14ClFN2O. The molecule has 2 aromatic rings. The zero-order valence-corrected chi connectivity index (χ0v) is 11.4. The third-order valence-electron chi connectivity index (χ3n) is 2.86. The Balaban J connectivity index is 2.50. The van der Waals surface area contributed by atoms with Crippen LogP contribution in [0.3, 0.4) is 0 Å². The van der Waals surface area contributed by atoms with E-state index in [0.29, 0.717) is 16.5 Å². The van der Waals surface area contributed by atoms with E-state index in [2.05, 4.69) is 10.3 Å². The number of methoxy groups -OCH3 is 1. The second-order valence-corrected chi connectivity index (χ2v) is 4.39. The second-order valence-electron chi connectivity index (χ2n) is 3.98. The molecule has 0 saturated heterocycles. The van der Waals surface area contributed by atoms with Gasteiger partial charge in [0.2, 0.25) is 0 Å². The van der Waals surface area contributed by atoms with Crippen molar-refractivity contribution < 1.29 is 9.13 Å². The number of benzene rings is 1. The number of hydrogen-bond donors (Lipinski definition) is 1. The fourth-order valence-corrected chi connectivity index (χ4v) is 2.24. The van der Waals surface area contributed by atoms with E-state index in [0.717, 1.165) is 5.56 Å². The summed E-state index contributed by atoms with van der Waals surface area (Å²) >= 11 is 6.10. The average molecular weight is 281 g/mol. The van der Waals surface area contributed by atoms with Crippen LogP contribution in [0.4, 0.5) is 4.39 Å². The molecule has 3 nitrogen and oxygen atoms in total. The van der Waals surface area contributed by atoms with E-state index in [1.54, 1.807) is 32.5 Å². The van der Waals surface area contributed by atoms with Crippen LogP contribution < -0.4 is 10.1 Å². The fraction of sp³-hybridized carbons (Fsp3) is 0.214. The predicted octanol–water partition coefficient (Wildman–Crippen LogP) is 3.19. The molecule has 2 rings (SSSR count). The third kappa shape index (κ3) is 2.85. The quantitative estimate of drug-likeness (QED) is 0.934. The molecular weight excluding hydrogens is 267 g/mol. The summed E-state index contributed by atoms with van der Waals surface area (Å²) in [5.74, 6) is 0.291. The largest absolute Gasteiger partial charge is 0.495 e. The summed E-state index contributed by atoms with van der Waals surface area (Å²) in [6.45, 7) is 0. The van der Waals surface area contributed by atoms with Crippen LogP contribution in [0.1, 0.15) is 17.3 Å². The lowest BCUT2D eigenvalue weighted by atomic mass is 10.0. The number of halogens is 2. The van der Waals surface area contributed by atoms with Gasteiger partial charge in [-0.25, -0.2) is 4.39 Å². The third-order valence-corrected chi connectivity index (χ3v) is 3.18. The zero-order valence-electron chi connectivity index (χ0n) is 10.7. The van der Waals surface area contributed by atoms with Crippen LogP contribution >= 0.6 is 11.6 Å². The van der Waals surface area contributed by atoms with Gasteiger partial charge in [-0.1, -0.05) is 17.7 Å². The number of nitrogens with zero attached hydrogens (tertiary/aromatic N) is 1. The average Bonchev–Trinajstić information content (AvgIpc) is 2.42. The van der Waals surface area contributed by atoms with Crippen LogP contribution in [0.5, 0.6) is 5.75 Å². The molecule has 0 aliphatic rings. The molecule has 1 heterocycles. The molecule has 0 aliphatic heterocycles. The van der Waals surface area contributed by atoms with Crippen molar-refractivity contribution in [2.45, 2.75) is 6.04 Å². The summed E-state index contributed by atoms with van der Waals surface area (Å²) < 4.78 is 18.4. The first-order chi connectivity index (χ1) is 9.17. The Morgan fingerprint density at radius 3 is 2.79 bits per heavy atom. The Labute approximate surface area is 116 Å². The first-order valence-electron chi connectivity index (χ1n) is 5.78. The van der Waals surface area contributed by atoms with Crippen molar-refractivity contribution in [1.82, 2.24) is 10.3 Å². The molecule has 0 fully saturated rings.